The molecule has 128 valence electrons. The number of nitrogens with zero attached hydrogens (tertiary/aromatic N) is 1. The maximum absolute atomic E-state index is 13.4. The summed E-state index contributed by atoms with van der Waals surface area (Å²) in [5, 5.41) is 2.79. The van der Waals surface area contributed by atoms with Crippen LogP contribution in [0, 0.1) is 19.7 Å². The van der Waals surface area contributed by atoms with Crippen LogP contribution in [0.3, 0.4) is 0 Å². The fourth-order valence-electron chi connectivity index (χ4n) is 2.63. The molecular formula is C20H19FN2O2. The van der Waals surface area contributed by atoms with E-state index < -0.39 is 5.82 Å². The van der Waals surface area contributed by atoms with E-state index in [0.29, 0.717) is 30.0 Å². The van der Waals surface area contributed by atoms with E-state index in [2.05, 4.69) is 10.3 Å². The standard InChI is InChI=1S/C20H19FN2O2/c1-13-10-16(12-17(21)11-13)19(24)22-9-8-18-14(2)25-20(23-18)15-6-4-3-5-7-15/h3-7,10-12H,8-9H2,1-2H3,(H,22,24). The van der Waals surface area contributed by atoms with Gasteiger partial charge in [0, 0.05) is 24.1 Å². The molecule has 1 aromatic heterocycles. The Bertz CT molecular complexity index is 868. The molecule has 0 saturated heterocycles. The molecule has 0 bridgehead atoms. The number of aryl methyl sites for hydroxylation is 2. The van der Waals surface area contributed by atoms with Gasteiger partial charge in [-0.25, -0.2) is 9.37 Å². The van der Waals surface area contributed by atoms with Crippen molar-refractivity contribution >= 4 is 5.91 Å². The number of oxazole rings is 1. The normalized spacial score (nSPS) is 10.7. The molecule has 0 spiro atoms. The number of carbonyl (C=O) groups excluding carboxylic acids is 1. The Morgan fingerprint density at radius 1 is 1.16 bits per heavy atom. The molecule has 0 aliphatic rings. The molecule has 1 heterocycles. The monoisotopic (exact) mass is 338 g/mol. The molecule has 0 unspecified atom stereocenters. The first-order valence-electron chi connectivity index (χ1n) is 8.10. The summed E-state index contributed by atoms with van der Waals surface area (Å²) in [6.07, 6.45) is 0.544. The van der Waals surface area contributed by atoms with Crippen molar-refractivity contribution in [1.29, 1.82) is 0 Å². The first kappa shape index (κ1) is 16.9. The zero-order valence-corrected chi connectivity index (χ0v) is 14.2. The van der Waals surface area contributed by atoms with Crippen LogP contribution >= 0.6 is 0 Å². The average Bonchev–Trinajstić information content (AvgIpc) is 2.96. The van der Waals surface area contributed by atoms with Gasteiger partial charge in [-0.3, -0.25) is 4.79 Å². The molecule has 1 N–H and O–H groups in total. The molecule has 0 saturated carbocycles. The minimum Gasteiger partial charge on any atom is -0.441 e. The van der Waals surface area contributed by atoms with Crippen LogP contribution in [0.15, 0.2) is 52.9 Å². The van der Waals surface area contributed by atoms with Gasteiger partial charge in [0.1, 0.15) is 11.6 Å². The lowest BCUT2D eigenvalue weighted by Crippen LogP contribution is -2.26. The van der Waals surface area contributed by atoms with E-state index in [0.717, 1.165) is 17.0 Å². The van der Waals surface area contributed by atoms with Gasteiger partial charge in [-0.05, 0) is 49.7 Å². The lowest BCUT2D eigenvalue weighted by Gasteiger charge is -2.05. The van der Waals surface area contributed by atoms with Crippen molar-refractivity contribution in [2.45, 2.75) is 20.3 Å². The van der Waals surface area contributed by atoms with Gasteiger partial charge in [0.15, 0.2) is 0 Å². The van der Waals surface area contributed by atoms with Gasteiger partial charge >= 0.3 is 0 Å². The van der Waals surface area contributed by atoms with Crippen LogP contribution in [0.1, 0.15) is 27.4 Å². The van der Waals surface area contributed by atoms with E-state index in [-0.39, 0.29) is 5.91 Å². The Balaban J connectivity index is 1.62. The molecule has 0 fully saturated rings. The SMILES string of the molecule is Cc1cc(F)cc(C(=O)NCCc2nc(-c3ccccc3)oc2C)c1. The molecule has 5 heteroatoms. The van der Waals surface area contributed by atoms with Crippen molar-refractivity contribution in [2.24, 2.45) is 0 Å². The Labute approximate surface area is 145 Å². The molecule has 1 amide bonds. The zero-order chi connectivity index (χ0) is 17.8. The van der Waals surface area contributed by atoms with Crippen LogP contribution in [0.5, 0.6) is 0 Å². The second-order valence-corrected chi connectivity index (χ2v) is 5.91. The highest BCUT2D eigenvalue weighted by molar-refractivity contribution is 5.94. The van der Waals surface area contributed by atoms with E-state index in [1.165, 1.54) is 12.1 Å². The van der Waals surface area contributed by atoms with Crippen molar-refractivity contribution in [3.05, 3.63) is 76.9 Å². The van der Waals surface area contributed by atoms with Gasteiger partial charge in [0.05, 0.1) is 5.69 Å². The van der Waals surface area contributed by atoms with Crippen LogP contribution < -0.4 is 5.32 Å². The maximum Gasteiger partial charge on any atom is 0.251 e. The van der Waals surface area contributed by atoms with E-state index in [9.17, 15) is 9.18 Å². The van der Waals surface area contributed by atoms with Crippen molar-refractivity contribution in [3.8, 4) is 11.5 Å². The minimum absolute atomic E-state index is 0.299. The second kappa shape index (κ2) is 7.30. The van der Waals surface area contributed by atoms with Crippen molar-refractivity contribution < 1.29 is 13.6 Å². The maximum atomic E-state index is 13.4. The molecule has 3 aromatic rings. The summed E-state index contributed by atoms with van der Waals surface area (Å²) in [5.41, 5.74) is 2.75. The molecule has 0 radical (unpaired) electrons. The zero-order valence-electron chi connectivity index (χ0n) is 14.2. The molecule has 2 aromatic carbocycles. The third-order valence-electron chi connectivity index (χ3n) is 3.87. The van der Waals surface area contributed by atoms with Gasteiger partial charge in [0.25, 0.3) is 5.91 Å². The first-order valence-corrected chi connectivity index (χ1v) is 8.10. The number of nitrogens with one attached hydrogen (secondary N) is 1. The Morgan fingerprint density at radius 3 is 2.64 bits per heavy atom. The number of hydrogen-bond donors (Lipinski definition) is 1. The summed E-state index contributed by atoms with van der Waals surface area (Å²) >= 11 is 0. The van der Waals surface area contributed by atoms with Gasteiger partial charge in [-0.2, -0.15) is 0 Å². The molecule has 25 heavy (non-hydrogen) atoms. The largest absolute Gasteiger partial charge is 0.441 e. The van der Waals surface area contributed by atoms with Crippen LogP contribution in [0.25, 0.3) is 11.5 Å². The second-order valence-electron chi connectivity index (χ2n) is 5.91. The van der Waals surface area contributed by atoms with Crippen molar-refractivity contribution in [3.63, 3.8) is 0 Å². The third-order valence-corrected chi connectivity index (χ3v) is 3.87. The number of halogens is 1. The van der Waals surface area contributed by atoms with Crippen LogP contribution in [0.2, 0.25) is 0 Å². The van der Waals surface area contributed by atoms with Crippen LogP contribution in [-0.4, -0.2) is 17.4 Å². The average molecular weight is 338 g/mol. The highest BCUT2D eigenvalue weighted by Crippen LogP contribution is 2.21. The van der Waals surface area contributed by atoms with Crippen molar-refractivity contribution in [1.82, 2.24) is 10.3 Å². The lowest BCUT2D eigenvalue weighted by atomic mass is 10.1. The van der Waals surface area contributed by atoms with Crippen LogP contribution in [0.4, 0.5) is 4.39 Å². The first-order chi connectivity index (χ1) is 12.0. The van der Waals surface area contributed by atoms with Crippen LogP contribution in [-0.2, 0) is 6.42 Å². The van der Waals surface area contributed by atoms with Gasteiger partial charge < -0.3 is 9.73 Å². The Kier molecular flexibility index (Phi) is 4.93. The van der Waals surface area contributed by atoms with E-state index in [1.807, 2.05) is 37.3 Å². The topological polar surface area (TPSA) is 55.1 Å². The van der Waals surface area contributed by atoms with E-state index in [4.69, 9.17) is 4.42 Å². The molecular weight excluding hydrogens is 319 g/mol. The molecule has 0 aliphatic carbocycles. The fourth-order valence-corrected chi connectivity index (χ4v) is 2.63. The summed E-state index contributed by atoms with van der Waals surface area (Å²) in [6.45, 7) is 4.01. The summed E-state index contributed by atoms with van der Waals surface area (Å²) in [7, 11) is 0. The van der Waals surface area contributed by atoms with Gasteiger partial charge in [0.2, 0.25) is 5.89 Å². The number of hydrogen-bond acceptors (Lipinski definition) is 3. The Morgan fingerprint density at radius 2 is 1.92 bits per heavy atom. The smallest absolute Gasteiger partial charge is 0.251 e. The number of rotatable bonds is 5. The molecule has 0 aliphatic heterocycles. The predicted molar refractivity (Wildman–Crippen MR) is 93.9 cm³/mol. The lowest BCUT2D eigenvalue weighted by molar-refractivity contribution is 0.0953. The van der Waals surface area contributed by atoms with E-state index >= 15 is 0 Å². The van der Waals surface area contributed by atoms with Gasteiger partial charge in [-0.15, -0.1) is 0 Å². The fraction of sp³-hybridized carbons (Fsp3) is 0.200. The number of carbonyl (C=O) groups is 1. The predicted octanol–water partition coefficient (Wildman–Crippen LogP) is 4.07. The highest BCUT2D eigenvalue weighted by atomic mass is 19.1. The Hall–Kier alpha value is -2.95. The summed E-state index contributed by atoms with van der Waals surface area (Å²) in [6, 6.07) is 13.9. The highest BCUT2D eigenvalue weighted by Gasteiger charge is 2.12. The van der Waals surface area contributed by atoms with Gasteiger partial charge in [-0.1, -0.05) is 18.2 Å². The van der Waals surface area contributed by atoms with E-state index in [1.54, 1.807) is 13.0 Å². The minimum atomic E-state index is -0.412. The molecule has 4 nitrogen and oxygen atoms in total. The third kappa shape index (κ3) is 4.12. The number of benzene rings is 2. The molecule has 0 atom stereocenters. The molecule has 3 rings (SSSR count). The summed E-state index contributed by atoms with van der Waals surface area (Å²) in [4.78, 5) is 16.6. The summed E-state index contributed by atoms with van der Waals surface area (Å²) < 4.78 is 19.1. The number of amides is 1. The summed E-state index contributed by atoms with van der Waals surface area (Å²) in [5.74, 6) is 0.590. The quantitative estimate of drug-likeness (QED) is 0.763. The number of aromatic nitrogens is 1. The van der Waals surface area contributed by atoms with Crippen molar-refractivity contribution in [2.75, 3.05) is 6.54 Å².